The Morgan fingerprint density at radius 1 is 0.333 bits per heavy atom. The average molecular weight is 763 g/mol. The van der Waals surface area contributed by atoms with Crippen LogP contribution in [0.4, 0.5) is 11.4 Å². The number of anilines is 2. The molecule has 1 heterocycles. The van der Waals surface area contributed by atoms with Gasteiger partial charge in [0.1, 0.15) is 0 Å². The predicted molar refractivity (Wildman–Crippen MR) is 246 cm³/mol. The summed E-state index contributed by atoms with van der Waals surface area (Å²) in [6, 6.07) is 25.4. The summed E-state index contributed by atoms with van der Waals surface area (Å²) in [6.07, 6.45) is 38.7. The first-order valence-corrected chi connectivity index (χ1v) is 24.7. The highest BCUT2D eigenvalue weighted by atomic mass is 15.4. The van der Waals surface area contributed by atoms with Crippen molar-refractivity contribution < 1.29 is 0 Å². The third kappa shape index (κ3) is 9.26. The molecule has 4 aliphatic carbocycles. The third-order valence-electron chi connectivity index (χ3n) is 15.7. The molecule has 2 heteroatoms. The Hall–Kier alpha value is -3.00. The summed E-state index contributed by atoms with van der Waals surface area (Å²) in [5, 5.41) is 5.82. The number of rotatable bonds is 6. The van der Waals surface area contributed by atoms with Gasteiger partial charge in [0.15, 0.2) is 0 Å². The van der Waals surface area contributed by atoms with Gasteiger partial charge in [-0.3, -0.25) is 0 Å². The number of fused-ring (bicyclic) bond motifs is 2. The molecule has 5 fully saturated rings. The number of benzene rings is 4. The fourth-order valence-corrected chi connectivity index (χ4v) is 12.3. The smallest absolute Gasteiger partial charge is 0.208 e. The van der Waals surface area contributed by atoms with Crippen molar-refractivity contribution in [2.24, 2.45) is 0 Å². The quantitative estimate of drug-likeness (QED) is 0.193. The van der Waals surface area contributed by atoms with Gasteiger partial charge in [-0.25, -0.2) is 0 Å². The van der Waals surface area contributed by atoms with Crippen molar-refractivity contribution in [3.8, 4) is 0 Å². The van der Waals surface area contributed by atoms with Crippen LogP contribution in [0.5, 0.6) is 0 Å². The lowest BCUT2D eigenvalue weighted by molar-refractivity contribution is 0.455. The Kier molecular flexibility index (Phi) is 13.4. The highest BCUT2D eigenvalue weighted by Gasteiger charge is 2.32. The minimum absolute atomic E-state index is 0.639. The van der Waals surface area contributed by atoms with E-state index in [0.717, 1.165) is 13.1 Å². The third-order valence-corrected chi connectivity index (χ3v) is 15.7. The largest absolute Gasteiger partial charge is 0.339 e. The zero-order valence-corrected chi connectivity index (χ0v) is 35.7. The summed E-state index contributed by atoms with van der Waals surface area (Å²) in [4.78, 5) is 5.27. The minimum Gasteiger partial charge on any atom is -0.339 e. The fraction of sp³-hybridized carbons (Fsp3) is 0.618. The van der Waals surface area contributed by atoms with E-state index < -0.39 is 0 Å². The van der Waals surface area contributed by atoms with E-state index in [1.165, 1.54) is 213 Å². The highest BCUT2D eigenvalue weighted by Crippen LogP contribution is 2.47. The molecule has 0 bridgehead atoms. The van der Waals surface area contributed by atoms with E-state index in [1.54, 1.807) is 22.3 Å². The molecule has 5 aliphatic rings. The van der Waals surface area contributed by atoms with Crippen molar-refractivity contribution in [1.29, 1.82) is 0 Å². The van der Waals surface area contributed by atoms with Crippen LogP contribution in [0.3, 0.4) is 0 Å². The molecule has 0 amide bonds. The first-order chi connectivity index (χ1) is 28.3. The summed E-state index contributed by atoms with van der Waals surface area (Å²) in [5.41, 5.74) is 9.40. The first kappa shape index (κ1) is 39.5. The molecule has 0 aromatic heterocycles. The molecule has 57 heavy (non-hydrogen) atoms. The highest BCUT2D eigenvalue weighted by molar-refractivity contribution is 6.00. The Morgan fingerprint density at radius 2 is 0.632 bits per heavy atom. The van der Waals surface area contributed by atoms with Crippen molar-refractivity contribution in [3.05, 3.63) is 89.6 Å². The zero-order valence-electron chi connectivity index (χ0n) is 35.7. The van der Waals surface area contributed by atoms with Crippen LogP contribution in [0.2, 0.25) is 0 Å². The summed E-state index contributed by atoms with van der Waals surface area (Å²) in [6.45, 7) is 6.24. The molecule has 2 nitrogen and oxygen atoms in total. The molecule has 0 N–H and O–H groups in total. The number of hydrogen-bond donors (Lipinski definition) is 0. The summed E-state index contributed by atoms with van der Waals surface area (Å²) < 4.78 is 0. The Balaban J connectivity index is 1.13. The molecule has 9 rings (SSSR count). The van der Waals surface area contributed by atoms with E-state index in [4.69, 9.17) is 0 Å². The Bertz CT molecular complexity index is 1730. The van der Waals surface area contributed by atoms with Crippen LogP contribution >= 0.6 is 0 Å². The molecule has 0 atom stereocenters. The molecule has 304 valence electrons. The fourth-order valence-electron chi connectivity index (χ4n) is 12.3. The maximum absolute atomic E-state index is 4.22. The molecule has 2 radical (unpaired) electrons. The lowest BCUT2D eigenvalue weighted by Crippen LogP contribution is -2.22. The molecule has 1 saturated heterocycles. The molecule has 0 spiro atoms. The van der Waals surface area contributed by atoms with Gasteiger partial charge in [-0.1, -0.05) is 177 Å². The molecule has 1 aliphatic heterocycles. The molecule has 0 unspecified atom stereocenters. The topological polar surface area (TPSA) is 6.48 Å². The SMILES string of the molecule is [C]1N(c2c(C3CCCCCCC3)ccc3ccc(C4CCCCCCC4)cc23)CCN1c1c(C2CCCCCCC2)ccc2ccc(C3CCCCCCC3)cc12. The van der Waals surface area contributed by atoms with E-state index in [0.29, 0.717) is 23.7 Å². The lowest BCUT2D eigenvalue weighted by Gasteiger charge is -2.31. The zero-order chi connectivity index (χ0) is 38.2. The molecular formula is C55H74N2. The monoisotopic (exact) mass is 763 g/mol. The van der Waals surface area contributed by atoms with Gasteiger partial charge in [-0.15, -0.1) is 0 Å². The van der Waals surface area contributed by atoms with Gasteiger partial charge >= 0.3 is 0 Å². The van der Waals surface area contributed by atoms with Gasteiger partial charge in [-0.05, 0) is 120 Å². The summed E-state index contributed by atoms with van der Waals surface area (Å²) >= 11 is 0. The summed E-state index contributed by atoms with van der Waals surface area (Å²) in [5.74, 6) is 2.68. The standard InChI is InChI=1S/C55H74N2/c1-5-13-21-42(22-14-6-1)48-31-29-46-33-35-50(44-25-17-9-3-10-18-26-44)54(52(46)39-48)56-37-38-57(41-56)55-51(45-27-19-11-4-12-20-28-45)36-34-47-30-32-49(40-53(47)55)43-23-15-7-2-8-16-24-43/h29-36,39-40,42-45H,1-28,37-38H2. The van der Waals surface area contributed by atoms with E-state index in [1.807, 2.05) is 0 Å². The van der Waals surface area contributed by atoms with Crippen LogP contribution < -0.4 is 9.80 Å². The molecular weight excluding hydrogens is 689 g/mol. The maximum atomic E-state index is 4.22. The van der Waals surface area contributed by atoms with Gasteiger partial charge in [0, 0.05) is 23.9 Å². The van der Waals surface area contributed by atoms with E-state index in [9.17, 15) is 0 Å². The van der Waals surface area contributed by atoms with Crippen LogP contribution in [-0.2, 0) is 0 Å². The van der Waals surface area contributed by atoms with Gasteiger partial charge in [-0.2, -0.15) is 0 Å². The summed E-state index contributed by atoms with van der Waals surface area (Å²) in [7, 11) is 0. The lowest BCUT2D eigenvalue weighted by atomic mass is 9.82. The van der Waals surface area contributed by atoms with Crippen LogP contribution in [0.15, 0.2) is 60.7 Å². The number of hydrogen-bond acceptors (Lipinski definition) is 2. The number of nitrogens with zero attached hydrogens (tertiary/aromatic N) is 2. The second kappa shape index (κ2) is 19.4. The minimum atomic E-state index is 0.639. The Labute approximate surface area is 347 Å². The second-order valence-electron chi connectivity index (χ2n) is 19.5. The predicted octanol–water partition coefficient (Wildman–Crippen LogP) is 16.6. The maximum Gasteiger partial charge on any atom is 0.208 e. The normalized spacial score (nSPS) is 22.7. The molecule has 4 aromatic carbocycles. The molecule has 4 aromatic rings. The van der Waals surface area contributed by atoms with Crippen molar-refractivity contribution >= 4 is 32.9 Å². The van der Waals surface area contributed by atoms with E-state index in [-0.39, 0.29) is 0 Å². The Morgan fingerprint density at radius 3 is 0.982 bits per heavy atom. The average Bonchev–Trinajstić information content (AvgIpc) is 3.66. The van der Waals surface area contributed by atoms with Gasteiger partial charge in [0.2, 0.25) is 6.67 Å². The van der Waals surface area contributed by atoms with Crippen molar-refractivity contribution in [2.75, 3.05) is 22.9 Å². The van der Waals surface area contributed by atoms with Gasteiger partial charge in [0.05, 0.1) is 11.4 Å². The van der Waals surface area contributed by atoms with Gasteiger partial charge < -0.3 is 9.80 Å². The van der Waals surface area contributed by atoms with E-state index in [2.05, 4.69) is 77.1 Å². The second-order valence-corrected chi connectivity index (χ2v) is 19.5. The first-order valence-electron chi connectivity index (χ1n) is 24.7. The molecule has 4 saturated carbocycles. The van der Waals surface area contributed by atoms with Crippen LogP contribution in [0.1, 0.15) is 226 Å². The van der Waals surface area contributed by atoms with Crippen molar-refractivity contribution in [2.45, 2.75) is 203 Å². The van der Waals surface area contributed by atoms with Crippen molar-refractivity contribution in [3.63, 3.8) is 0 Å². The van der Waals surface area contributed by atoms with Gasteiger partial charge in [0.25, 0.3) is 0 Å². The van der Waals surface area contributed by atoms with Crippen LogP contribution in [-0.4, -0.2) is 13.1 Å². The van der Waals surface area contributed by atoms with Crippen molar-refractivity contribution in [1.82, 2.24) is 0 Å². The van der Waals surface area contributed by atoms with E-state index >= 15 is 0 Å². The van der Waals surface area contributed by atoms with Crippen LogP contribution in [0, 0.1) is 6.67 Å². The van der Waals surface area contributed by atoms with Crippen LogP contribution in [0.25, 0.3) is 21.5 Å².